The Morgan fingerprint density at radius 1 is 1.43 bits per heavy atom. The van der Waals surface area contributed by atoms with Crippen molar-refractivity contribution in [3.8, 4) is 11.5 Å². The predicted molar refractivity (Wildman–Crippen MR) is 94.9 cm³/mol. The first-order chi connectivity index (χ1) is 10.9. The maximum absolute atomic E-state index is 12.4. The van der Waals surface area contributed by atoms with Crippen molar-refractivity contribution >= 4 is 51.3 Å². The molecule has 0 saturated carbocycles. The Bertz CT molecular complexity index is 901. The van der Waals surface area contributed by atoms with Crippen LogP contribution < -0.4 is 9.62 Å². The summed E-state index contributed by atoms with van der Waals surface area (Å²) >= 11 is 7.80. The quantitative estimate of drug-likeness (QED) is 0.659. The summed E-state index contributed by atoms with van der Waals surface area (Å²) in [6.07, 6.45) is 1.51. The lowest BCUT2D eigenvalue weighted by molar-refractivity contribution is 0.0964. The molecule has 0 aliphatic carbocycles. The number of hydrogen-bond acceptors (Lipinski definition) is 6. The van der Waals surface area contributed by atoms with Crippen molar-refractivity contribution in [1.29, 1.82) is 0 Å². The summed E-state index contributed by atoms with van der Waals surface area (Å²) < 4.78 is 13.4. The number of aryl methyl sites for hydroxylation is 1. The number of halogens is 1. The molecule has 3 rings (SSSR count). The first-order valence-electron chi connectivity index (χ1n) is 6.76. The van der Waals surface area contributed by atoms with Crippen LogP contribution in [0, 0.1) is 6.92 Å². The van der Waals surface area contributed by atoms with Gasteiger partial charge in [-0.25, -0.2) is 0 Å². The van der Waals surface area contributed by atoms with E-state index >= 15 is 0 Å². The number of nitrogens with one attached hydrogen (secondary N) is 1. The zero-order chi connectivity index (χ0) is 16.7. The molecule has 0 unspecified atom stereocenters. The van der Waals surface area contributed by atoms with Gasteiger partial charge in [0.1, 0.15) is 11.8 Å². The first-order valence-corrected chi connectivity index (χ1v) is 7.95. The Hall–Kier alpha value is -1.93. The van der Waals surface area contributed by atoms with Gasteiger partial charge in [-0.2, -0.15) is 0 Å². The monoisotopic (exact) mass is 395 g/mol. The molecule has 1 amide bonds. The third-order valence-electron chi connectivity index (χ3n) is 3.52. The van der Waals surface area contributed by atoms with Gasteiger partial charge >= 0.3 is 0 Å². The fraction of sp³-hybridized carbons (Fsp3) is 0.200. The number of carbonyl (C=O) groups excluding carboxylic acids is 1. The minimum Gasteiger partial charge on any atom is -0.453 e. The van der Waals surface area contributed by atoms with Crippen molar-refractivity contribution in [3.63, 3.8) is 0 Å². The zero-order valence-electron chi connectivity index (χ0n) is 12.7. The summed E-state index contributed by atoms with van der Waals surface area (Å²) in [5.74, 6) is 0.136. The Kier molecular flexibility index (Phi) is 4.11. The van der Waals surface area contributed by atoms with E-state index in [1.807, 2.05) is 19.1 Å². The van der Waals surface area contributed by atoms with E-state index in [2.05, 4.69) is 39.2 Å². The molecule has 0 radical (unpaired) electrons. The minimum absolute atomic E-state index is 0.250. The van der Waals surface area contributed by atoms with Crippen molar-refractivity contribution in [2.45, 2.75) is 6.92 Å². The van der Waals surface area contributed by atoms with Gasteiger partial charge in [-0.1, -0.05) is 18.0 Å². The molecular weight excluding hydrogens is 382 g/mol. The molecule has 120 valence electrons. The third-order valence-corrected chi connectivity index (χ3v) is 4.37. The number of benzene rings is 1. The van der Waals surface area contributed by atoms with Crippen molar-refractivity contribution < 1.29 is 13.7 Å². The highest BCUT2D eigenvalue weighted by Gasteiger charge is 2.25. The molecular formula is C15H14BrN3O3S. The molecule has 1 aromatic carbocycles. The van der Waals surface area contributed by atoms with Gasteiger partial charge < -0.3 is 18.6 Å². The van der Waals surface area contributed by atoms with Gasteiger partial charge in [-0.15, -0.1) is 0 Å². The maximum Gasteiger partial charge on any atom is 0.255 e. The first kappa shape index (κ1) is 15.9. The predicted octanol–water partition coefficient (Wildman–Crippen LogP) is 3.80. The van der Waals surface area contributed by atoms with Crippen LogP contribution in [0.15, 0.2) is 31.8 Å². The third kappa shape index (κ3) is 2.61. The van der Waals surface area contributed by atoms with Crippen LogP contribution in [0.4, 0.5) is 5.69 Å². The Morgan fingerprint density at radius 3 is 2.74 bits per heavy atom. The fourth-order valence-corrected chi connectivity index (χ4v) is 3.29. The molecule has 0 aliphatic heterocycles. The summed E-state index contributed by atoms with van der Waals surface area (Å²) in [6.45, 7) is 1.84. The van der Waals surface area contributed by atoms with Crippen LogP contribution in [-0.2, 0) is 0 Å². The number of fused-ring (bicyclic) bond motifs is 1. The molecule has 23 heavy (non-hydrogen) atoms. The minimum atomic E-state index is -0.250. The second-order valence-electron chi connectivity index (χ2n) is 5.05. The topological polar surface area (TPSA) is 71.5 Å². The molecule has 8 heteroatoms. The molecule has 1 N–H and O–H groups in total. The van der Waals surface area contributed by atoms with Gasteiger partial charge in [-0.3, -0.25) is 4.79 Å². The average molecular weight is 396 g/mol. The Morgan fingerprint density at radius 2 is 2.17 bits per heavy atom. The molecule has 2 aromatic heterocycles. The number of nitrogens with zero attached hydrogens (tertiary/aromatic N) is 2. The second-order valence-corrected chi connectivity index (χ2v) is 6.51. The van der Waals surface area contributed by atoms with E-state index in [0.29, 0.717) is 28.0 Å². The number of rotatable bonds is 3. The highest BCUT2D eigenvalue weighted by molar-refractivity contribution is 9.10. The van der Waals surface area contributed by atoms with Crippen molar-refractivity contribution in [2.75, 3.05) is 18.4 Å². The summed E-state index contributed by atoms with van der Waals surface area (Å²) in [6, 6.07) is 3.65. The van der Waals surface area contributed by atoms with Gasteiger partial charge in [0.2, 0.25) is 0 Å². The summed E-state index contributed by atoms with van der Waals surface area (Å²) in [5.41, 5.74) is 3.12. The molecule has 0 aliphatic rings. The lowest BCUT2D eigenvalue weighted by Gasteiger charge is -2.12. The molecule has 0 fully saturated rings. The van der Waals surface area contributed by atoms with Gasteiger partial charge in [-0.05, 0) is 28.9 Å². The highest BCUT2D eigenvalue weighted by atomic mass is 79.9. The molecule has 0 atom stereocenters. The molecule has 6 nitrogen and oxygen atoms in total. The van der Waals surface area contributed by atoms with Crippen molar-refractivity contribution in [2.24, 2.45) is 0 Å². The average Bonchev–Trinajstić information content (AvgIpc) is 3.08. The van der Waals surface area contributed by atoms with E-state index in [4.69, 9.17) is 8.94 Å². The molecule has 2 heterocycles. The van der Waals surface area contributed by atoms with Crippen LogP contribution in [0.1, 0.15) is 15.9 Å². The van der Waals surface area contributed by atoms with Gasteiger partial charge in [0.25, 0.3) is 5.91 Å². The SMILES string of the molecule is CNC(=O)c1c(-c2nocc2C)oc2cc(N(C)S)c(Br)cc12. The molecule has 0 bridgehead atoms. The van der Waals surface area contributed by atoms with E-state index in [1.165, 1.54) is 6.26 Å². The number of aromatic nitrogens is 1. The Balaban J connectivity index is 2.36. The molecule has 3 aromatic rings. The normalized spacial score (nSPS) is 11.0. The molecule has 0 saturated heterocycles. The van der Waals surface area contributed by atoms with Gasteiger partial charge in [0, 0.05) is 35.6 Å². The number of hydrogen-bond donors (Lipinski definition) is 2. The number of furan rings is 1. The maximum atomic E-state index is 12.4. The highest BCUT2D eigenvalue weighted by Crippen LogP contribution is 2.39. The van der Waals surface area contributed by atoms with Gasteiger partial charge in [0.05, 0.1) is 11.3 Å². The second kappa shape index (κ2) is 5.93. The number of carbonyl (C=O) groups is 1. The summed E-state index contributed by atoms with van der Waals surface area (Å²) in [4.78, 5) is 12.4. The summed E-state index contributed by atoms with van der Waals surface area (Å²) in [7, 11) is 3.38. The van der Waals surface area contributed by atoms with Crippen LogP contribution in [0.3, 0.4) is 0 Å². The fourth-order valence-electron chi connectivity index (χ4n) is 2.38. The van der Waals surface area contributed by atoms with E-state index < -0.39 is 0 Å². The smallest absolute Gasteiger partial charge is 0.255 e. The van der Waals surface area contributed by atoms with Crippen LogP contribution in [0.25, 0.3) is 22.4 Å². The summed E-state index contributed by atoms with van der Waals surface area (Å²) in [5, 5.41) is 7.28. The van der Waals surface area contributed by atoms with Crippen LogP contribution in [0.2, 0.25) is 0 Å². The lowest BCUT2D eigenvalue weighted by atomic mass is 10.1. The van der Waals surface area contributed by atoms with Crippen molar-refractivity contribution in [3.05, 3.63) is 34.0 Å². The molecule has 0 spiro atoms. The van der Waals surface area contributed by atoms with E-state index in [1.54, 1.807) is 18.4 Å². The van der Waals surface area contributed by atoms with Crippen LogP contribution >= 0.6 is 28.7 Å². The standard InChI is InChI=1S/C15H14BrN3O3S/c1-7-6-21-18-13(7)14-12(15(20)17-2)8-4-9(16)10(19(3)23)5-11(8)22-14/h4-6,23H,1-3H3,(H,17,20). The lowest BCUT2D eigenvalue weighted by Crippen LogP contribution is -2.18. The van der Waals surface area contributed by atoms with E-state index in [0.717, 1.165) is 15.7 Å². The van der Waals surface area contributed by atoms with Crippen molar-refractivity contribution in [1.82, 2.24) is 10.5 Å². The van der Waals surface area contributed by atoms with E-state index in [-0.39, 0.29) is 5.91 Å². The number of amides is 1. The zero-order valence-corrected chi connectivity index (χ0v) is 15.2. The van der Waals surface area contributed by atoms with Gasteiger partial charge in [0.15, 0.2) is 11.5 Å². The Labute approximate surface area is 146 Å². The van der Waals surface area contributed by atoms with Crippen LogP contribution in [0.5, 0.6) is 0 Å². The van der Waals surface area contributed by atoms with E-state index in [9.17, 15) is 4.79 Å². The number of thiol groups is 1. The largest absolute Gasteiger partial charge is 0.453 e. The van der Waals surface area contributed by atoms with Crippen LogP contribution in [-0.4, -0.2) is 25.2 Å². The number of anilines is 1.